The Morgan fingerprint density at radius 2 is 1.75 bits per heavy atom. The average Bonchev–Trinajstić information content (AvgIpc) is 3.12. The number of hydrogen-bond acceptors (Lipinski definition) is 3. The zero-order valence-corrected chi connectivity index (χ0v) is 15.8. The van der Waals surface area contributed by atoms with E-state index < -0.39 is 5.91 Å². The number of nitrogens with one attached hydrogen (secondary N) is 2. The van der Waals surface area contributed by atoms with Gasteiger partial charge in [0.05, 0.1) is 29.6 Å². The molecule has 2 amide bonds. The van der Waals surface area contributed by atoms with Crippen molar-refractivity contribution in [1.82, 2.24) is 20.6 Å². The molecule has 1 aromatic heterocycles. The van der Waals surface area contributed by atoms with E-state index in [-0.39, 0.29) is 18.1 Å². The number of rotatable bonds is 5. The molecule has 2 N–H and O–H groups in total. The van der Waals surface area contributed by atoms with E-state index >= 15 is 0 Å². The van der Waals surface area contributed by atoms with Crippen LogP contribution in [-0.4, -0.2) is 21.6 Å². The first-order valence-electron chi connectivity index (χ1n) is 8.64. The molecule has 6 nitrogen and oxygen atoms in total. The Bertz CT molecular complexity index is 984. The molecule has 0 unspecified atom stereocenters. The van der Waals surface area contributed by atoms with Crippen LogP contribution in [0.1, 0.15) is 28.5 Å². The van der Waals surface area contributed by atoms with Gasteiger partial charge in [0, 0.05) is 5.02 Å². The first-order valence-corrected chi connectivity index (χ1v) is 9.02. The van der Waals surface area contributed by atoms with Crippen LogP contribution >= 0.6 is 11.6 Å². The van der Waals surface area contributed by atoms with Gasteiger partial charge < -0.3 is 0 Å². The van der Waals surface area contributed by atoms with Crippen molar-refractivity contribution in [2.75, 3.05) is 0 Å². The first-order chi connectivity index (χ1) is 13.5. The normalized spacial score (nSPS) is 10.5. The topological polar surface area (TPSA) is 76.0 Å². The zero-order valence-electron chi connectivity index (χ0n) is 15.1. The fourth-order valence-electron chi connectivity index (χ4n) is 2.73. The van der Waals surface area contributed by atoms with E-state index in [2.05, 4.69) is 16.0 Å². The minimum atomic E-state index is -0.477. The van der Waals surface area contributed by atoms with Crippen LogP contribution in [0.25, 0.3) is 5.69 Å². The van der Waals surface area contributed by atoms with Gasteiger partial charge in [0.1, 0.15) is 5.82 Å². The van der Waals surface area contributed by atoms with Crippen LogP contribution in [0.3, 0.4) is 0 Å². The first kappa shape index (κ1) is 19.6. The Balaban J connectivity index is 1.66. The third-order valence-corrected chi connectivity index (χ3v) is 4.36. The van der Waals surface area contributed by atoms with Crippen molar-refractivity contribution in [2.24, 2.45) is 0 Å². The highest BCUT2D eigenvalue weighted by atomic mass is 35.5. The van der Waals surface area contributed by atoms with E-state index in [0.29, 0.717) is 28.4 Å². The molecule has 1 heterocycles. The predicted molar refractivity (Wildman–Crippen MR) is 104 cm³/mol. The quantitative estimate of drug-likeness (QED) is 0.645. The molecule has 0 saturated heterocycles. The average molecular weight is 401 g/mol. The molecule has 0 atom stereocenters. The molecular weight excluding hydrogens is 383 g/mol. The SMILES string of the molecule is CCc1c(C(=O)NNC(=O)Cc2ccc(Cl)cc2)cnn1-c1ccc(F)cc1. The Morgan fingerprint density at radius 1 is 1.07 bits per heavy atom. The highest BCUT2D eigenvalue weighted by molar-refractivity contribution is 6.30. The van der Waals surface area contributed by atoms with Gasteiger partial charge in [-0.25, -0.2) is 9.07 Å². The van der Waals surface area contributed by atoms with E-state index in [4.69, 9.17) is 11.6 Å². The van der Waals surface area contributed by atoms with Crippen molar-refractivity contribution in [3.63, 3.8) is 0 Å². The van der Waals surface area contributed by atoms with E-state index in [1.54, 1.807) is 41.1 Å². The standard InChI is InChI=1S/C20H18ClFN4O2/c1-2-18-17(12-23-26(18)16-9-7-15(22)8-10-16)20(28)25-24-19(27)11-13-3-5-14(21)6-4-13/h3-10,12H,2,11H2,1H3,(H,24,27)(H,25,28). The molecule has 8 heteroatoms. The van der Waals surface area contributed by atoms with Crippen LogP contribution in [0.5, 0.6) is 0 Å². The van der Waals surface area contributed by atoms with Gasteiger partial charge in [0.25, 0.3) is 5.91 Å². The van der Waals surface area contributed by atoms with Crippen molar-refractivity contribution in [1.29, 1.82) is 0 Å². The summed E-state index contributed by atoms with van der Waals surface area (Å²) in [4.78, 5) is 24.5. The van der Waals surface area contributed by atoms with Gasteiger partial charge in [-0.15, -0.1) is 0 Å². The Morgan fingerprint density at radius 3 is 2.39 bits per heavy atom. The van der Waals surface area contributed by atoms with Crippen molar-refractivity contribution in [2.45, 2.75) is 19.8 Å². The molecule has 0 aliphatic rings. The summed E-state index contributed by atoms with van der Waals surface area (Å²) in [6.07, 6.45) is 2.05. The smallest absolute Gasteiger partial charge is 0.273 e. The van der Waals surface area contributed by atoms with E-state index in [1.165, 1.54) is 18.3 Å². The summed E-state index contributed by atoms with van der Waals surface area (Å²) in [6.45, 7) is 1.88. The second-order valence-electron chi connectivity index (χ2n) is 6.05. The zero-order chi connectivity index (χ0) is 20.1. The number of carbonyl (C=O) groups excluding carboxylic acids is 2. The third kappa shape index (κ3) is 4.55. The summed E-state index contributed by atoms with van der Waals surface area (Å²) in [5.74, 6) is -1.19. The van der Waals surface area contributed by atoms with Crippen molar-refractivity contribution in [3.05, 3.63) is 82.4 Å². The van der Waals surface area contributed by atoms with Gasteiger partial charge in [-0.3, -0.25) is 20.4 Å². The summed E-state index contributed by atoms with van der Waals surface area (Å²) >= 11 is 5.82. The largest absolute Gasteiger partial charge is 0.273 e. The van der Waals surface area contributed by atoms with Gasteiger partial charge in [-0.1, -0.05) is 30.7 Å². The molecule has 0 aliphatic carbocycles. The lowest BCUT2D eigenvalue weighted by molar-refractivity contribution is -0.121. The predicted octanol–water partition coefficient (Wildman–Crippen LogP) is 3.23. The van der Waals surface area contributed by atoms with Crippen LogP contribution in [0, 0.1) is 5.82 Å². The minimum Gasteiger partial charge on any atom is -0.273 e. The molecule has 28 heavy (non-hydrogen) atoms. The number of hydrogen-bond donors (Lipinski definition) is 2. The summed E-state index contributed by atoms with van der Waals surface area (Å²) in [5, 5.41) is 4.81. The molecule has 3 rings (SSSR count). The second-order valence-corrected chi connectivity index (χ2v) is 6.49. The number of hydrazine groups is 1. The van der Waals surface area contributed by atoms with Gasteiger partial charge >= 0.3 is 0 Å². The van der Waals surface area contributed by atoms with Crippen LogP contribution in [0.4, 0.5) is 4.39 Å². The Kier molecular flexibility index (Phi) is 6.06. The van der Waals surface area contributed by atoms with Gasteiger partial charge in [0.15, 0.2) is 0 Å². The maximum Gasteiger partial charge on any atom is 0.273 e. The van der Waals surface area contributed by atoms with Gasteiger partial charge in [-0.05, 0) is 48.4 Å². The molecule has 144 valence electrons. The van der Waals surface area contributed by atoms with Gasteiger partial charge in [-0.2, -0.15) is 5.10 Å². The lowest BCUT2D eigenvalue weighted by Gasteiger charge is -2.09. The highest BCUT2D eigenvalue weighted by Gasteiger charge is 2.17. The van der Waals surface area contributed by atoms with E-state index in [9.17, 15) is 14.0 Å². The van der Waals surface area contributed by atoms with Crippen LogP contribution in [0.2, 0.25) is 5.02 Å². The fourth-order valence-corrected chi connectivity index (χ4v) is 2.86. The molecular formula is C20H18ClFN4O2. The number of halogens is 2. The summed E-state index contributed by atoms with van der Waals surface area (Å²) in [5.41, 5.74) is 7.19. The molecule has 0 fully saturated rings. The van der Waals surface area contributed by atoms with Gasteiger partial charge in [0.2, 0.25) is 5.91 Å². The molecule has 0 saturated carbocycles. The Labute approximate surface area is 166 Å². The lowest BCUT2D eigenvalue weighted by atomic mass is 10.1. The lowest BCUT2D eigenvalue weighted by Crippen LogP contribution is -2.42. The number of nitrogens with zero attached hydrogens (tertiary/aromatic N) is 2. The van der Waals surface area contributed by atoms with Crippen molar-refractivity contribution < 1.29 is 14.0 Å². The van der Waals surface area contributed by atoms with Crippen LogP contribution in [-0.2, 0) is 17.6 Å². The third-order valence-electron chi connectivity index (χ3n) is 4.11. The van der Waals surface area contributed by atoms with E-state index in [1.807, 2.05) is 6.92 Å². The fraction of sp³-hybridized carbons (Fsp3) is 0.150. The highest BCUT2D eigenvalue weighted by Crippen LogP contribution is 2.16. The molecule has 2 aromatic carbocycles. The van der Waals surface area contributed by atoms with Crippen LogP contribution in [0.15, 0.2) is 54.7 Å². The minimum absolute atomic E-state index is 0.104. The van der Waals surface area contributed by atoms with Crippen LogP contribution < -0.4 is 10.9 Å². The number of aromatic nitrogens is 2. The molecule has 0 radical (unpaired) electrons. The number of carbonyl (C=O) groups is 2. The molecule has 0 spiro atoms. The summed E-state index contributed by atoms with van der Waals surface area (Å²) < 4.78 is 14.7. The molecule has 3 aromatic rings. The maximum absolute atomic E-state index is 13.1. The number of amides is 2. The summed E-state index contributed by atoms with van der Waals surface area (Å²) in [7, 11) is 0. The monoisotopic (exact) mass is 400 g/mol. The van der Waals surface area contributed by atoms with Crippen molar-refractivity contribution in [3.8, 4) is 5.69 Å². The maximum atomic E-state index is 13.1. The molecule has 0 aliphatic heterocycles. The Hall–Kier alpha value is -3.19. The van der Waals surface area contributed by atoms with E-state index in [0.717, 1.165) is 5.56 Å². The molecule has 0 bridgehead atoms. The van der Waals surface area contributed by atoms with Crippen molar-refractivity contribution >= 4 is 23.4 Å². The second kappa shape index (κ2) is 8.67. The number of benzene rings is 2. The summed E-state index contributed by atoms with van der Waals surface area (Å²) in [6, 6.07) is 12.7.